The van der Waals surface area contributed by atoms with Crippen LogP contribution in [0.5, 0.6) is 0 Å². The number of rotatable bonds is 4. The molecule has 0 aliphatic carbocycles. The Bertz CT molecular complexity index is 809. The molecule has 0 spiro atoms. The van der Waals surface area contributed by atoms with E-state index in [-0.39, 0.29) is 5.91 Å². The van der Waals surface area contributed by atoms with Crippen molar-refractivity contribution < 1.29 is 4.79 Å². The fourth-order valence-corrected chi connectivity index (χ4v) is 4.22. The van der Waals surface area contributed by atoms with Crippen molar-refractivity contribution in [3.8, 4) is 0 Å². The summed E-state index contributed by atoms with van der Waals surface area (Å²) >= 11 is 6.99. The number of hydrogen-bond donors (Lipinski definition) is 1. The van der Waals surface area contributed by atoms with Crippen LogP contribution in [-0.2, 0) is 4.79 Å². The largest absolute Gasteiger partial charge is 0.372 e. The van der Waals surface area contributed by atoms with Gasteiger partial charge < -0.3 is 10.2 Å². The first-order valence-electron chi connectivity index (χ1n) is 7.91. The molecule has 0 radical (unpaired) electrons. The van der Waals surface area contributed by atoms with Crippen LogP contribution in [0, 0.1) is 0 Å². The van der Waals surface area contributed by atoms with Crippen molar-refractivity contribution in [2.45, 2.75) is 13.8 Å². The molecule has 0 unspecified atom stereocenters. The number of carbonyl (C=O) groups excluding carboxylic acids is 1. The quantitative estimate of drug-likeness (QED) is 0.620. The average molecular weight is 450 g/mol. The summed E-state index contributed by atoms with van der Waals surface area (Å²) in [5, 5.41) is 2.93. The Morgan fingerprint density at radius 1 is 1.08 bits per heavy atom. The molecule has 1 heterocycles. The summed E-state index contributed by atoms with van der Waals surface area (Å²) in [5.41, 5.74) is 4.63. The second-order valence-electron chi connectivity index (χ2n) is 5.59. The molecule has 3 rings (SSSR count). The Kier molecular flexibility index (Phi) is 5.11. The summed E-state index contributed by atoms with van der Waals surface area (Å²) in [4.78, 5) is 14.6. The minimum atomic E-state index is -0.0726. The predicted molar refractivity (Wildman–Crippen MR) is 108 cm³/mol. The van der Waals surface area contributed by atoms with Crippen LogP contribution in [-0.4, -0.2) is 19.0 Å². The standard InChI is InChI=1S/C19H18Br2N2O/c1-3-23(4-2)14-7-5-12(6-8-14)9-16-15-10-13(20)11-17(21)18(15)22-19(16)24/h5-11H,3-4H2,1-2H3,(H,22,24). The Morgan fingerprint density at radius 2 is 1.75 bits per heavy atom. The molecule has 1 aliphatic rings. The molecular formula is C19H18Br2N2O. The first-order chi connectivity index (χ1) is 11.5. The fraction of sp³-hybridized carbons (Fsp3) is 0.211. The van der Waals surface area contributed by atoms with Crippen molar-refractivity contribution in [1.29, 1.82) is 0 Å². The number of nitrogens with one attached hydrogen (secondary N) is 1. The average Bonchev–Trinajstić information content (AvgIpc) is 2.87. The maximum absolute atomic E-state index is 12.3. The monoisotopic (exact) mass is 448 g/mol. The van der Waals surface area contributed by atoms with E-state index < -0.39 is 0 Å². The lowest BCUT2D eigenvalue weighted by Gasteiger charge is -2.20. The van der Waals surface area contributed by atoms with Crippen LogP contribution >= 0.6 is 31.9 Å². The zero-order chi connectivity index (χ0) is 17.3. The van der Waals surface area contributed by atoms with Crippen molar-refractivity contribution in [3.05, 3.63) is 56.5 Å². The highest BCUT2D eigenvalue weighted by Gasteiger charge is 2.26. The van der Waals surface area contributed by atoms with Crippen molar-refractivity contribution in [2.75, 3.05) is 23.3 Å². The van der Waals surface area contributed by atoms with E-state index in [1.54, 1.807) is 0 Å². The van der Waals surface area contributed by atoms with Gasteiger partial charge in [0.25, 0.3) is 5.91 Å². The highest BCUT2D eigenvalue weighted by molar-refractivity contribution is 9.11. The summed E-state index contributed by atoms with van der Waals surface area (Å²) in [5.74, 6) is -0.0726. The van der Waals surface area contributed by atoms with Gasteiger partial charge in [-0.25, -0.2) is 0 Å². The molecule has 0 aromatic heterocycles. The Labute approximate surface area is 159 Å². The van der Waals surface area contributed by atoms with Crippen molar-refractivity contribution in [1.82, 2.24) is 0 Å². The van der Waals surface area contributed by atoms with Crippen molar-refractivity contribution in [2.24, 2.45) is 0 Å². The maximum atomic E-state index is 12.3. The molecule has 0 fully saturated rings. The number of anilines is 2. The van der Waals surface area contributed by atoms with Crippen molar-refractivity contribution >= 4 is 60.8 Å². The van der Waals surface area contributed by atoms with E-state index >= 15 is 0 Å². The third-order valence-corrected chi connectivity index (χ3v) is 5.24. The smallest absolute Gasteiger partial charge is 0.256 e. The van der Waals surface area contributed by atoms with E-state index in [4.69, 9.17) is 0 Å². The number of amides is 1. The normalized spacial score (nSPS) is 14.7. The summed E-state index contributed by atoms with van der Waals surface area (Å²) in [6, 6.07) is 12.2. The fourth-order valence-electron chi connectivity index (χ4n) is 2.90. The molecule has 24 heavy (non-hydrogen) atoms. The molecular weight excluding hydrogens is 432 g/mol. The molecule has 5 heteroatoms. The van der Waals surface area contributed by atoms with Crippen LogP contribution in [0.15, 0.2) is 45.3 Å². The van der Waals surface area contributed by atoms with Gasteiger partial charge in [-0.1, -0.05) is 28.1 Å². The number of benzene rings is 2. The van der Waals surface area contributed by atoms with E-state index in [9.17, 15) is 4.79 Å². The van der Waals surface area contributed by atoms with Crippen LogP contribution in [0.3, 0.4) is 0 Å². The summed E-state index contributed by atoms with van der Waals surface area (Å²) in [6.45, 7) is 6.26. The highest BCUT2D eigenvalue weighted by atomic mass is 79.9. The van der Waals surface area contributed by atoms with Gasteiger partial charge in [-0.2, -0.15) is 0 Å². The molecule has 124 valence electrons. The lowest BCUT2D eigenvalue weighted by molar-refractivity contribution is -0.110. The Morgan fingerprint density at radius 3 is 2.38 bits per heavy atom. The zero-order valence-electron chi connectivity index (χ0n) is 13.6. The molecule has 3 nitrogen and oxygen atoms in total. The molecule has 0 atom stereocenters. The molecule has 0 saturated carbocycles. The van der Waals surface area contributed by atoms with Gasteiger partial charge in [0.15, 0.2) is 0 Å². The van der Waals surface area contributed by atoms with E-state index in [0.717, 1.165) is 38.8 Å². The minimum absolute atomic E-state index is 0.0726. The number of halogens is 2. The van der Waals surface area contributed by atoms with Gasteiger partial charge in [0.1, 0.15) is 0 Å². The topological polar surface area (TPSA) is 32.3 Å². The summed E-state index contributed by atoms with van der Waals surface area (Å²) in [6.07, 6.45) is 1.94. The first kappa shape index (κ1) is 17.2. The molecule has 0 bridgehead atoms. The number of carbonyl (C=O) groups is 1. The number of fused-ring (bicyclic) bond motifs is 1. The van der Waals surface area contributed by atoms with E-state index in [2.05, 4.69) is 80.2 Å². The highest BCUT2D eigenvalue weighted by Crippen LogP contribution is 2.40. The van der Waals surface area contributed by atoms with Gasteiger partial charge in [0.05, 0.1) is 5.69 Å². The SMILES string of the molecule is CCN(CC)c1ccc(C=C2C(=O)Nc3c(Br)cc(Br)cc32)cc1. The van der Waals surface area contributed by atoms with Crippen LogP contribution in [0.4, 0.5) is 11.4 Å². The van der Waals surface area contributed by atoms with Gasteiger partial charge in [-0.05, 0) is 65.7 Å². The number of nitrogens with zero attached hydrogens (tertiary/aromatic N) is 1. The third kappa shape index (κ3) is 3.28. The van der Waals surface area contributed by atoms with Crippen LogP contribution < -0.4 is 10.2 Å². The maximum Gasteiger partial charge on any atom is 0.256 e. The van der Waals surface area contributed by atoms with Gasteiger partial charge in [-0.15, -0.1) is 0 Å². The lowest BCUT2D eigenvalue weighted by Crippen LogP contribution is -2.21. The number of hydrogen-bond acceptors (Lipinski definition) is 2. The summed E-state index contributed by atoms with van der Waals surface area (Å²) in [7, 11) is 0. The van der Waals surface area contributed by atoms with Gasteiger partial charge in [0.2, 0.25) is 0 Å². The molecule has 0 saturated heterocycles. The van der Waals surface area contributed by atoms with Crippen LogP contribution in [0.1, 0.15) is 25.0 Å². The Hall–Kier alpha value is -1.59. The van der Waals surface area contributed by atoms with E-state index in [1.165, 1.54) is 5.69 Å². The molecule has 2 aromatic rings. The van der Waals surface area contributed by atoms with Crippen molar-refractivity contribution in [3.63, 3.8) is 0 Å². The predicted octanol–water partition coefficient (Wildman–Crippen LogP) is 5.55. The van der Waals surface area contributed by atoms with E-state index in [0.29, 0.717) is 5.57 Å². The molecule has 1 aliphatic heterocycles. The molecule has 2 aromatic carbocycles. The zero-order valence-corrected chi connectivity index (χ0v) is 16.7. The molecule has 1 N–H and O–H groups in total. The lowest BCUT2D eigenvalue weighted by atomic mass is 10.0. The van der Waals surface area contributed by atoms with Crippen LogP contribution in [0.2, 0.25) is 0 Å². The van der Waals surface area contributed by atoms with Gasteiger partial charge in [0, 0.05) is 38.9 Å². The second kappa shape index (κ2) is 7.11. The van der Waals surface area contributed by atoms with Gasteiger partial charge >= 0.3 is 0 Å². The van der Waals surface area contributed by atoms with Gasteiger partial charge in [-0.3, -0.25) is 4.79 Å². The summed E-state index contributed by atoms with van der Waals surface area (Å²) < 4.78 is 1.81. The Balaban J connectivity index is 1.97. The van der Waals surface area contributed by atoms with Crippen LogP contribution in [0.25, 0.3) is 11.6 Å². The minimum Gasteiger partial charge on any atom is -0.372 e. The second-order valence-corrected chi connectivity index (χ2v) is 7.36. The van der Waals surface area contributed by atoms with E-state index in [1.807, 2.05) is 18.2 Å². The third-order valence-electron chi connectivity index (χ3n) is 4.16. The molecule has 1 amide bonds. The first-order valence-corrected chi connectivity index (χ1v) is 9.49.